The lowest BCUT2D eigenvalue weighted by Gasteiger charge is -2.37. The van der Waals surface area contributed by atoms with Gasteiger partial charge in [-0.1, -0.05) is 22.0 Å². The Hall–Kier alpha value is -1.23. The van der Waals surface area contributed by atoms with Crippen molar-refractivity contribution in [3.8, 4) is 0 Å². The van der Waals surface area contributed by atoms with Gasteiger partial charge in [0.05, 0.1) is 0 Å². The van der Waals surface area contributed by atoms with E-state index in [0.29, 0.717) is 13.1 Å². The first kappa shape index (κ1) is 19.8. The van der Waals surface area contributed by atoms with Crippen LogP contribution in [0, 0.1) is 6.92 Å². The van der Waals surface area contributed by atoms with Gasteiger partial charge in [-0.25, -0.2) is 4.79 Å². The highest BCUT2D eigenvalue weighted by Crippen LogP contribution is 2.21. The molecule has 5 heteroatoms. The van der Waals surface area contributed by atoms with E-state index in [1.807, 2.05) is 53.7 Å². The van der Waals surface area contributed by atoms with Crippen molar-refractivity contribution in [3.63, 3.8) is 0 Å². The van der Waals surface area contributed by atoms with E-state index < -0.39 is 5.60 Å². The summed E-state index contributed by atoms with van der Waals surface area (Å²) in [5, 5.41) is 3.35. The molecule has 0 aliphatic rings. The van der Waals surface area contributed by atoms with Crippen LogP contribution >= 0.6 is 15.9 Å². The fraction of sp³-hybridized carbons (Fsp3) is 0.611. The Bertz CT molecular complexity index is 545. The van der Waals surface area contributed by atoms with Gasteiger partial charge in [-0.2, -0.15) is 0 Å². The summed E-state index contributed by atoms with van der Waals surface area (Å²) in [7, 11) is 0. The van der Waals surface area contributed by atoms with Crippen molar-refractivity contribution in [1.82, 2.24) is 4.90 Å². The second-order valence-corrected chi connectivity index (χ2v) is 8.55. The van der Waals surface area contributed by atoms with Crippen molar-refractivity contribution < 1.29 is 9.53 Å². The fourth-order valence-electron chi connectivity index (χ4n) is 2.03. The number of ether oxygens (including phenoxy) is 1. The molecular formula is C18H29BrN2O2. The third kappa shape index (κ3) is 6.81. The van der Waals surface area contributed by atoms with Gasteiger partial charge in [-0.05, 0) is 66.2 Å². The quantitative estimate of drug-likeness (QED) is 0.774. The summed E-state index contributed by atoms with van der Waals surface area (Å²) in [6, 6.07) is 6.14. The van der Waals surface area contributed by atoms with Crippen molar-refractivity contribution >= 4 is 27.7 Å². The molecule has 1 rings (SSSR count). The van der Waals surface area contributed by atoms with Gasteiger partial charge < -0.3 is 15.0 Å². The van der Waals surface area contributed by atoms with Crippen LogP contribution in [-0.2, 0) is 4.74 Å². The lowest BCUT2D eigenvalue weighted by molar-refractivity contribution is 0.00749. The highest BCUT2D eigenvalue weighted by Gasteiger charge is 2.30. The lowest BCUT2D eigenvalue weighted by atomic mass is 10.1. The number of nitrogens with zero attached hydrogens (tertiary/aromatic N) is 1. The number of aryl methyl sites for hydroxylation is 1. The van der Waals surface area contributed by atoms with Gasteiger partial charge in [-0.15, -0.1) is 0 Å². The molecule has 0 aromatic heterocycles. The molecule has 0 spiro atoms. The van der Waals surface area contributed by atoms with Crippen LogP contribution in [0.1, 0.15) is 47.1 Å². The monoisotopic (exact) mass is 384 g/mol. The predicted octanol–water partition coefficient (Wildman–Crippen LogP) is 5.21. The molecule has 1 aromatic rings. The van der Waals surface area contributed by atoms with Crippen LogP contribution in [0.3, 0.4) is 0 Å². The van der Waals surface area contributed by atoms with Crippen LogP contribution in [0.5, 0.6) is 0 Å². The van der Waals surface area contributed by atoms with Gasteiger partial charge in [0.25, 0.3) is 0 Å². The first-order valence-corrected chi connectivity index (χ1v) is 8.70. The number of hydrogen-bond donors (Lipinski definition) is 1. The third-order valence-corrected chi connectivity index (χ3v) is 4.11. The minimum absolute atomic E-state index is 0.281. The topological polar surface area (TPSA) is 41.6 Å². The molecule has 130 valence electrons. The Kier molecular flexibility index (Phi) is 6.51. The van der Waals surface area contributed by atoms with Crippen molar-refractivity contribution in [2.45, 2.75) is 59.6 Å². The molecule has 0 aliphatic heterocycles. The summed E-state index contributed by atoms with van der Waals surface area (Å²) in [5.74, 6) is 0. The molecule has 4 nitrogen and oxygen atoms in total. The maximum absolute atomic E-state index is 12.4. The second-order valence-electron chi connectivity index (χ2n) is 7.69. The minimum atomic E-state index is -0.490. The van der Waals surface area contributed by atoms with E-state index in [4.69, 9.17) is 4.74 Å². The second kappa shape index (κ2) is 7.56. The number of benzene rings is 1. The zero-order valence-corrected chi connectivity index (χ0v) is 16.9. The molecule has 0 bridgehead atoms. The Morgan fingerprint density at radius 1 is 1.22 bits per heavy atom. The maximum atomic E-state index is 12.4. The van der Waals surface area contributed by atoms with Crippen LogP contribution in [0.15, 0.2) is 22.7 Å². The normalized spacial score (nSPS) is 12.0. The van der Waals surface area contributed by atoms with Crippen molar-refractivity contribution in [2.75, 3.05) is 18.4 Å². The molecule has 0 fully saturated rings. The number of anilines is 1. The molecule has 0 unspecified atom stereocenters. The van der Waals surface area contributed by atoms with E-state index in [2.05, 4.69) is 34.2 Å². The molecule has 0 heterocycles. The minimum Gasteiger partial charge on any atom is -0.444 e. The first-order valence-electron chi connectivity index (χ1n) is 7.91. The molecular weight excluding hydrogens is 356 g/mol. The van der Waals surface area contributed by atoms with Crippen molar-refractivity contribution in [1.29, 1.82) is 0 Å². The first-order chi connectivity index (χ1) is 10.4. The van der Waals surface area contributed by atoms with Crippen LogP contribution in [-0.4, -0.2) is 35.2 Å². The van der Waals surface area contributed by atoms with Gasteiger partial charge in [0.15, 0.2) is 0 Å². The summed E-state index contributed by atoms with van der Waals surface area (Å²) >= 11 is 3.53. The highest BCUT2D eigenvalue weighted by molar-refractivity contribution is 9.10. The molecule has 0 saturated carbocycles. The number of amides is 1. The van der Waals surface area contributed by atoms with E-state index in [9.17, 15) is 4.79 Å². The Morgan fingerprint density at radius 2 is 1.83 bits per heavy atom. The fourth-order valence-corrected chi connectivity index (χ4v) is 2.41. The largest absolute Gasteiger partial charge is 0.444 e. The number of carbonyl (C=O) groups excluding carboxylic acids is 1. The Morgan fingerprint density at radius 3 is 2.30 bits per heavy atom. The summed E-state index contributed by atoms with van der Waals surface area (Å²) < 4.78 is 6.59. The van der Waals surface area contributed by atoms with Crippen molar-refractivity contribution in [3.05, 3.63) is 28.2 Å². The van der Waals surface area contributed by atoms with E-state index in [1.54, 1.807) is 4.90 Å². The summed E-state index contributed by atoms with van der Waals surface area (Å²) in [5.41, 5.74) is 1.44. The average Bonchev–Trinajstić information content (AvgIpc) is 2.35. The molecule has 0 radical (unpaired) electrons. The van der Waals surface area contributed by atoms with Gasteiger partial charge in [0, 0.05) is 28.8 Å². The third-order valence-electron chi connectivity index (χ3n) is 3.26. The zero-order chi connectivity index (χ0) is 17.8. The zero-order valence-electron chi connectivity index (χ0n) is 15.3. The van der Waals surface area contributed by atoms with Gasteiger partial charge in [-0.3, -0.25) is 0 Å². The van der Waals surface area contributed by atoms with Gasteiger partial charge in [0.2, 0.25) is 0 Å². The van der Waals surface area contributed by atoms with Crippen LogP contribution in [0.4, 0.5) is 10.5 Å². The lowest BCUT2D eigenvalue weighted by Crippen LogP contribution is -2.49. The number of nitrogens with one attached hydrogen (secondary N) is 1. The van der Waals surface area contributed by atoms with Gasteiger partial charge >= 0.3 is 6.09 Å². The van der Waals surface area contributed by atoms with Crippen LogP contribution in [0.25, 0.3) is 0 Å². The summed E-state index contributed by atoms with van der Waals surface area (Å²) in [6.07, 6.45) is -0.281. The number of rotatable bonds is 4. The van der Waals surface area contributed by atoms with Crippen LogP contribution in [0.2, 0.25) is 0 Å². The van der Waals surface area contributed by atoms with E-state index >= 15 is 0 Å². The molecule has 0 atom stereocenters. The maximum Gasteiger partial charge on any atom is 0.410 e. The van der Waals surface area contributed by atoms with E-state index in [-0.39, 0.29) is 11.6 Å². The molecule has 1 N–H and O–H groups in total. The van der Waals surface area contributed by atoms with Crippen molar-refractivity contribution in [2.24, 2.45) is 0 Å². The van der Waals surface area contributed by atoms with Crippen LogP contribution < -0.4 is 5.32 Å². The van der Waals surface area contributed by atoms with Gasteiger partial charge in [0.1, 0.15) is 5.60 Å². The summed E-state index contributed by atoms with van der Waals surface area (Å²) in [6.45, 7) is 15.0. The molecule has 0 saturated heterocycles. The highest BCUT2D eigenvalue weighted by atomic mass is 79.9. The smallest absolute Gasteiger partial charge is 0.410 e. The molecule has 23 heavy (non-hydrogen) atoms. The Balaban J connectivity index is 2.68. The standard InChI is InChI=1S/C18H29BrN2O2/c1-13-8-9-14(12-15(13)19)20-10-11-21(17(2,3)4)16(22)23-18(5,6)7/h8-9,12,20H,10-11H2,1-7H3. The molecule has 1 aromatic carbocycles. The van der Waals surface area contributed by atoms with E-state index in [0.717, 1.165) is 10.2 Å². The summed E-state index contributed by atoms with van der Waals surface area (Å²) in [4.78, 5) is 14.2. The predicted molar refractivity (Wildman–Crippen MR) is 100 cm³/mol. The molecule has 1 amide bonds. The van der Waals surface area contributed by atoms with E-state index in [1.165, 1.54) is 5.56 Å². The number of hydrogen-bond acceptors (Lipinski definition) is 3. The number of halogens is 1. The number of carbonyl (C=O) groups is 1. The Labute approximate surface area is 148 Å². The SMILES string of the molecule is Cc1ccc(NCCN(C(=O)OC(C)(C)C)C(C)(C)C)cc1Br. The molecule has 0 aliphatic carbocycles. The average molecular weight is 385 g/mol.